The van der Waals surface area contributed by atoms with Crippen molar-refractivity contribution in [2.75, 3.05) is 9.80 Å². The maximum atomic E-state index is 15.4. The van der Waals surface area contributed by atoms with E-state index in [1.165, 1.54) is 9.80 Å². The molecule has 332 valence electrons. The SMILES string of the molecule is CC(C)c1cccc(C(C)C)c1N1C(=O)c2ccc3c4c(C#C[Si](C)(C)C)cc5c6c(ccc(c7c(C#C[Si](C)(C)C)cc(c2c37)C1=O)c64)C(=O)N(c1c(C(C)C)cccc1C(C)C)C5=O. The zero-order valence-electron chi connectivity index (χ0n) is 40.8. The molecule has 2 aliphatic rings. The molecule has 0 unspecified atom stereocenters. The smallest absolute Gasteiger partial charge is 0.266 e. The lowest BCUT2D eigenvalue weighted by Crippen LogP contribution is -2.42. The fourth-order valence-electron chi connectivity index (χ4n) is 10.1. The van der Waals surface area contributed by atoms with Crippen LogP contribution in [-0.2, 0) is 0 Å². The first-order valence-corrected chi connectivity index (χ1v) is 30.4. The lowest BCUT2D eigenvalue weighted by atomic mass is 9.79. The highest BCUT2D eigenvalue weighted by Gasteiger charge is 2.41. The van der Waals surface area contributed by atoms with Crippen molar-refractivity contribution >= 4 is 94.2 Å². The lowest BCUT2D eigenvalue weighted by molar-refractivity contribution is 0.0877. The van der Waals surface area contributed by atoms with Crippen molar-refractivity contribution in [3.8, 4) is 22.9 Å². The fraction of sp³-hybridized carbons (Fsp3) is 0.310. The molecule has 0 saturated heterocycles. The van der Waals surface area contributed by atoms with Gasteiger partial charge >= 0.3 is 0 Å². The van der Waals surface area contributed by atoms with Gasteiger partial charge in [0.2, 0.25) is 0 Å². The molecular formula is C58H58N2O4Si2. The van der Waals surface area contributed by atoms with Crippen LogP contribution in [-0.4, -0.2) is 39.8 Å². The zero-order chi connectivity index (χ0) is 47.6. The summed E-state index contributed by atoms with van der Waals surface area (Å²) in [5.74, 6) is 5.89. The van der Waals surface area contributed by atoms with Crippen molar-refractivity contribution < 1.29 is 19.2 Å². The van der Waals surface area contributed by atoms with Crippen LogP contribution >= 0.6 is 0 Å². The molecule has 9 rings (SSSR count). The normalized spacial score (nSPS) is 14.3. The third-order valence-electron chi connectivity index (χ3n) is 13.1. The number of amides is 4. The Hall–Kier alpha value is -6.33. The second-order valence-corrected chi connectivity index (χ2v) is 31.1. The number of carbonyl (C=O) groups is 4. The molecule has 0 saturated carbocycles. The maximum absolute atomic E-state index is 15.4. The Kier molecular flexibility index (Phi) is 10.6. The number of benzene rings is 7. The first kappa shape index (κ1) is 44.9. The average molecular weight is 903 g/mol. The number of hydrogen-bond acceptors (Lipinski definition) is 4. The minimum absolute atomic E-state index is 0.0524. The molecule has 0 bridgehead atoms. The van der Waals surface area contributed by atoms with E-state index >= 15 is 19.2 Å². The highest BCUT2D eigenvalue weighted by molar-refractivity contribution is 6.84. The van der Waals surface area contributed by atoms with Gasteiger partial charge in [0.25, 0.3) is 23.6 Å². The first-order valence-electron chi connectivity index (χ1n) is 23.4. The molecule has 0 N–H and O–H groups in total. The molecule has 66 heavy (non-hydrogen) atoms. The van der Waals surface area contributed by atoms with Crippen LogP contribution < -0.4 is 9.80 Å². The highest BCUT2D eigenvalue weighted by Crippen LogP contribution is 2.51. The summed E-state index contributed by atoms with van der Waals surface area (Å²) in [5.41, 5.74) is 15.3. The van der Waals surface area contributed by atoms with Gasteiger partial charge in [-0.2, -0.15) is 0 Å². The number of para-hydroxylation sites is 2. The summed E-state index contributed by atoms with van der Waals surface area (Å²) < 4.78 is 0. The number of imide groups is 2. The van der Waals surface area contributed by atoms with Crippen molar-refractivity contribution in [3.05, 3.63) is 128 Å². The Labute approximate surface area is 391 Å². The number of rotatable bonds is 6. The quantitative estimate of drug-likeness (QED) is 0.0548. The predicted octanol–water partition coefficient (Wildman–Crippen LogP) is 14.3. The maximum Gasteiger partial charge on any atom is 0.266 e. The average Bonchev–Trinajstić information content (AvgIpc) is 3.24. The van der Waals surface area contributed by atoms with E-state index in [1.807, 2.05) is 72.8 Å². The van der Waals surface area contributed by atoms with Crippen LogP contribution in [0.3, 0.4) is 0 Å². The Morgan fingerprint density at radius 3 is 0.985 bits per heavy atom. The monoisotopic (exact) mass is 902 g/mol. The molecule has 0 fully saturated rings. The molecule has 8 heteroatoms. The summed E-state index contributed by atoms with van der Waals surface area (Å²) in [5, 5.41) is 5.90. The molecule has 6 nitrogen and oxygen atoms in total. The van der Waals surface area contributed by atoms with Gasteiger partial charge in [-0.3, -0.25) is 19.2 Å². The molecule has 2 heterocycles. The Balaban J connectivity index is 1.44. The molecule has 2 aliphatic heterocycles. The van der Waals surface area contributed by atoms with Crippen molar-refractivity contribution in [2.45, 2.75) is 118 Å². The summed E-state index contributed by atoms with van der Waals surface area (Å²) in [6, 6.07) is 23.6. The summed E-state index contributed by atoms with van der Waals surface area (Å²) in [6.45, 7) is 29.9. The molecular weight excluding hydrogens is 845 g/mol. The molecule has 0 aliphatic carbocycles. The van der Waals surface area contributed by atoms with E-state index in [0.717, 1.165) is 54.6 Å². The van der Waals surface area contributed by atoms with Gasteiger partial charge in [0.05, 0.1) is 22.5 Å². The number of fused-ring (bicyclic) bond motifs is 2. The number of nitrogens with zero attached hydrogens (tertiary/aromatic N) is 2. The third kappa shape index (κ3) is 6.91. The number of anilines is 2. The van der Waals surface area contributed by atoms with Crippen LogP contribution in [0.25, 0.3) is 43.1 Å². The Bertz CT molecular complexity index is 3160. The van der Waals surface area contributed by atoms with Crippen molar-refractivity contribution in [1.82, 2.24) is 0 Å². The number of carbonyl (C=O) groups excluding carboxylic acids is 4. The van der Waals surface area contributed by atoms with Crippen molar-refractivity contribution in [1.29, 1.82) is 0 Å². The van der Waals surface area contributed by atoms with E-state index in [1.54, 1.807) is 0 Å². The van der Waals surface area contributed by atoms with E-state index in [0.29, 0.717) is 55.5 Å². The third-order valence-corrected chi connectivity index (χ3v) is 14.9. The molecule has 0 atom stereocenters. The van der Waals surface area contributed by atoms with Crippen LogP contribution in [0.4, 0.5) is 11.4 Å². The van der Waals surface area contributed by atoms with E-state index in [9.17, 15) is 0 Å². The van der Waals surface area contributed by atoms with Crippen molar-refractivity contribution in [2.24, 2.45) is 0 Å². The Morgan fingerprint density at radius 2 is 0.697 bits per heavy atom. The molecule has 7 aromatic carbocycles. The van der Waals surface area contributed by atoms with E-state index < -0.39 is 16.1 Å². The van der Waals surface area contributed by atoms with Crippen LogP contribution in [0.1, 0.15) is 154 Å². The van der Waals surface area contributed by atoms with Gasteiger partial charge in [0.1, 0.15) is 16.1 Å². The van der Waals surface area contributed by atoms with Gasteiger partial charge in [0.15, 0.2) is 0 Å². The molecule has 7 aromatic rings. The van der Waals surface area contributed by atoms with Gasteiger partial charge in [0, 0.05) is 54.6 Å². The molecule has 4 amide bonds. The Morgan fingerprint density at radius 1 is 0.394 bits per heavy atom. The largest absolute Gasteiger partial charge is 0.268 e. The second kappa shape index (κ2) is 15.6. The van der Waals surface area contributed by atoms with Crippen LogP contribution in [0.5, 0.6) is 0 Å². The second-order valence-electron chi connectivity index (χ2n) is 21.6. The van der Waals surface area contributed by atoms with Crippen molar-refractivity contribution in [3.63, 3.8) is 0 Å². The summed E-state index contributed by atoms with van der Waals surface area (Å²) in [7, 11) is -3.98. The van der Waals surface area contributed by atoms with Gasteiger partial charge in [-0.1, -0.05) is 155 Å². The first-order chi connectivity index (χ1) is 31.0. The summed E-state index contributed by atoms with van der Waals surface area (Å²) in [4.78, 5) is 64.1. The van der Waals surface area contributed by atoms with Gasteiger partial charge in [-0.25, -0.2) is 9.80 Å². The topological polar surface area (TPSA) is 74.8 Å². The standard InChI is InChI=1S/C58H58N2O4Si2/c1-31(2)37-17-15-18-38(32(3)4)53(37)59-55(61)43-23-21-41-48-36(26-28-66(12,13)14)30-46-50-44(56(62)60(58(46)64)54-39(33(5)6)19-16-20-40(54)34(7)8)24-22-42(52(48)50)47-35(25-27-65(9,10)11)29-45(57(59)63)49(43)51(41)47/h15-24,29-34H,1-14H3. The van der Waals surface area contributed by atoms with Crippen LogP contribution in [0.15, 0.2) is 72.8 Å². The van der Waals surface area contributed by atoms with Gasteiger partial charge in [-0.15, -0.1) is 11.1 Å². The molecule has 0 radical (unpaired) electrons. The van der Waals surface area contributed by atoms with E-state index in [-0.39, 0.29) is 47.3 Å². The summed E-state index contributed by atoms with van der Waals surface area (Å²) in [6.07, 6.45) is 0. The number of hydrogen-bond donors (Lipinski definition) is 0. The van der Waals surface area contributed by atoms with Gasteiger partial charge in [-0.05, 0) is 81.0 Å². The fourth-order valence-corrected chi connectivity index (χ4v) is 11.1. The van der Waals surface area contributed by atoms with Crippen LogP contribution in [0, 0.1) is 22.9 Å². The lowest BCUT2D eigenvalue weighted by Gasteiger charge is -2.34. The highest BCUT2D eigenvalue weighted by atomic mass is 28.3. The zero-order valence-corrected chi connectivity index (χ0v) is 42.8. The minimum atomic E-state index is -1.99. The predicted molar refractivity (Wildman–Crippen MR) is 280 cm³/mol. The molecule has 0 aromatic heterocycles. The van der Waals surface area contributed by atoms with E-state index in [4.69, 9.17) is 0 Å². The summed E-state index contributed by atoms with van der Waals surface area (Å²) >= 11 is 0. The molecule has 0 spiro atoms. The minimum Gasteiger partial charge on any atom is -0.268 e. The van der Waals surface area contributed by atoms with E-state index in [2.05, 4.69) is 118 Å². The van der Waals surface area contributed by atoms with Crippen LogP contribution in [0.2, 0.25) is 39.3 Å². The van der Waals surface area contributed by atoms with Gasteiger partial charge < -0.3 is 0 Å².